The molecule has 0 atom stereocenters. The number of ketones is 1. The van der Waals surface area contributed by atoms with Gasteiger partial charge in [-0.2, -0.15) is 0 Å². The molecule has 0 radical (unpaired) electrons. The molecule has 0 unspecified atom stereocenters. The molecule has 136 valence electrons. The zero-order valence-electron chi connectivity index (χ0n) is 14.6. The number of hydrogen-bond donors (Lipinski definition) is 3. The Morgan fingerprint density at radius 3 is 2.61 bits per heavy atom. The van der Waals surface area contributed by atoms with Crippen LogP contribution in [0.1, 0.15) is 15.9 Å². The summed E-state index contributed by atoms with van der Waals surface area (Å²) in [5, 5.41) is 20.6. The molecule has 3 aromatic carbocycles. The van der Waals surface area contributed by atoms with Crippen molar-refractivity contribution in [3.63, 3.8) is 0 Å². The third-order valence-electron chi connectivity index (χ3n) is 4.84. The van der Waals surface area contributed by atoms with Crippen LogP contribution in [0.25, 0.3) is 28.1 Å². The van der Waals surface area contributed by atoms with Crippen LogP contribution in [0.15, 0.2) is 72.6 Å². The first kappa shape index (κ1) is 16.2. The fraction of sp³-hybridized carbons (Fsp3) is 0. The van der Waals surface area contributed by atoms with Crippen LogP contribution in [0.4, 0.5) is 0 Å². The Bertz CT molecular complexity index is 1270. The normalized spacial score (nSPS) is 14.4. The Balaban J connectivity index is 1.66. The van der Waals surface area contributed by atoms with Crippen molar-refractivity contribution < 1.29 is 19.7 Å². The van der Waals surface area contributed by atoms with Crippen molar-refractivity contribution in [1.82, 2.24) is 4.98 Å². The minimum atomic E-state index is -0.418. The van der Waals surface area contributed by atoms with E-state index in [1.807, 2.05) is 54.7 Å². The van der Waals surface area contributed by atoms with Gasteiger partial charge in [-0.3, -0.25) is 4.79 Å². The third kappa shape index (κ3) is 2.45. The van der Waals surface area contributed by atoms with Crippen LogP contribution < -0.4 is 4.74 Å². The number of carbonyl (C=O) groups excluding carboxylic acids is 1. The second kappa shape index (κ2) is 6.03. The fourth-order valence-electron chi connectivity index (χ4n) is 3.60. The first-order valence-electron chi connectivity index (χ1n) is 8.77. The number of fused-ring (bicyclic) bond motifs is 2. The van der Waals surface area contributed by atoms with Gasteiger partial charge in [0.25, 0.3) is 0 Å². The Morgan fingerprint density at radius 2 is 1.79 bits per heavy atom. The molecule has 5 nitrogen and oxygen atoms in total. The number of carbonyl (C=O) groups is 1. The second-order valence-electron chi connectivity index (χ2n) is 6.62. The van der Waals surface area contributed by atoms with E-state index in [1.54, 1.807) is 6.08 Å². The van der Waals surface area contributed by atoms with Crippen molar-refractivity contribution in [3.8, 4) is 28.4 Å². The van der Waals surface area contributed by atoms with E-state index in [1.165, 1.54) is 6.07 Å². The summed E-state index contributed by atoms with van der Waals surface area (Å²) in [5.41, 5.74) is 3.91. The van der Waals surface area contributed by atoms with Crippen LogP contribution in [0.2, 0.25) is 0 Å². The SMILES string of the molecule is O=C1C(=Cc2c[nH]c3cccc(-c4ccccc4)c23)Oc2cc(O)cc(O)c21. The monoisotopic (exact) mass is 369 g/mol. The van der Waals surface area contributed by atoms with Crippen molar-refractivity contribution in [2.24, 2.45) is 0 Å². The zero-order valence-corrected chi connectivity index (χ0v) is 14.6. The van der Waals surface area contributed by atoms with Gasteiger partial charge in [0, 0.05) is 34.8 Å². The molecule has 1 aliphatic heterocycles. The average molecular weight is 369 g/mol. The number of allylic oxidation sites excluding steroid dienone is 1. The van der Waals surface area contributed by atoms with Gasteiger partial charge >= 0.3 is 0 Å². The lowest BCUT2D eigenvalue weighted by Crippen LogP contribution is -1.98. The van der Waals surface area contributed by atoms with Gasteiger partial charge in [-0.15, -0.1) is 0 Å². The summed E-state index contributed by atoms with van der Waals surface area (Å²) < 4.78 is 5.63. The summed E-state index contributed by atoms with van der Waals surface area (Å²) >= 11 is 0. The highest BCUT2D eigenvalue weighted by Gasteiger charge is 2.31. The molecule has 1 aromatic heterocycles. The van der Waals surface area contributed by atoms with Crippen LogP contribution in [-0.4, -0.2) is 21.0 Å². The number of phenolic OH excluding ortho intramolecular Hbond substituents is 2. The Kier molecular flexibility index (Phi) is 3.49. The zero-order chi connectivity index (χ0) is 19.3. The molecular weight excluding hydrogens is 354 g/mol. The van der Waals surface area contributed by atoms with E-state index in [-0.39, 0.29) is 28.6 Å². The Morgan fingerprint density at radius 1 is 0.964 bits per heavy atom. The standard InChI is InChI=1S/C23H15NO4/c25-15-10-18(26)22-19(11-15)28-20(23(22)27)9-14-12-24-17-8-4-7-16(21(14)17)13-5-2-1-3-6-13/h1-12,24-26H. The molecule has 0 saturated carbocycles. The summed E-state index contributed by atoms with van der Waals surface area (Å²) in [6.45, 7) is 0. The molecule has 0 bridgehead atoms. The van der Waals surface area contributed by atoms with Gasteiger partial charge in [-0.05, 0) is 23.3 Å². The minimum absolute atomic E-state index is 0.0622. The predicted octanol–water partition coefficient (Wildman–Crippen LogP) is 4.86. The van der Waals surface area contributed by atoms with Crippen LogP contribution >= 0.6 is 0 Å². The fourth-order valence-corrected chi connectivity index (χ4v) is 3.60. The van der Waals surface area contributed by atoms with Gasteiger partial charge in [0.15, 0.2) is 5.76 Å². The number of H-pyrrole nitrogens is 1. The number of rotatable bonds is 2. The number of nitrogens with one attached hydrogen (secondary N) is 1. The average Bonchev–Trinajstić information content (AvgIpc) is 3.24. The number of benzene rings is 3. The van der Waals surface area contributed by atoms with E-state index in [2.05, 4.69) is 4.98 Å². The van der Waals surface area contributed by atoms with E-state index >= 15 is 0 Å². The lowest BCUT2D eigenvalue weighted by atomic mass is 9.98. The van der Waals surface area contributed by atoms with Crippen molar-refractivity contribution in [2.45, 2.75) is 0 Å². The largest absolute Gasteiger partial charge is 0.508 e. The van der Waals surface area contributed by atoms with Crippen molar-refractivity contribution in [1.29, 1.82) is 0 Å². The molecular formula is C23H15NO4. The van der Waals surface area contributed by atoms with Gasteiger partial charge in [-0.1, -0.05) is 42.5 Å². The summed E-state index contributed by atoms with van der Waals surface area (Å²) in [6, 6.07) is 18.4. The molecule has 0 saturated heterocycles. The quantitative estimate of drug-likeness (QED) is 0.441. The lowest BCUT2D eigenvalue weighted by Gasteiger charge is -2.05. The van der Waals surface area contributed by atoms with E-state index in [0.29, 0.717) is 0 Å². The van der Waals surface area contributed by atoms with Crippen LogP contribution in [0.3, 0.4) is 0 Å². The van der Waals surface area contributed by atoms with Crippen molar-refractivity contribution in [3.05, 3.63) is 83.7 Å². The Labute approximate surface area is 160 Å². The highest BCUT2D eigenvalue weighted by molar-refractivity contribution is 6.17. The van der Waals surface area contributed by atoms with Crippen LogP contribution in [0.5, 0.6) is 17.2 Å². The van der Waals surface area contributed by atoms with E-state index in [9.17, 15) is 15.0 Å². The molecule has 0 amide bonds. The van der Waals surface area contributed by atoms with Gasteiger partial charge in [-0.25, -0.2) is 0 Å². The number of aromatic amines is 1. The predicted molar refractivity (Wildman–Crippen MR) is 106 cm³/mol. The smallest absolute Gasteiger partial charge is 0.235 e. The lowest BCUT2D eigenvalue weighted by molar-refractivity contribution is 0.101. The summed E-state index contributed by atoms with van der Waals surface area (Å²) in [5.74, 6) is -0.633. The van der Waals surface area contributed by atoms with Gasteiger partial charge in [0.05, 0.1) is 0 Å². The topological polar surface area (TPSA) is 82.6 Å². The molecule has 3 N–H and O–H groups in total. The molecule has 5 heteroatoms. The maximum absolute atomic E-state index is 12.7. The number of hydrogen-bond acceptors (Lipinski definition) is 4. The molecule has 4 aromatic rings. The number of aromatic nitrogens is 1. The summed E-state index contributed by atoms with van der Waals surface area (Å²) in [4.78, 5) is 15.9. The molecule has 28 heavy (non-hydrogen) atoms. The number of Topliss-reactive ketones (excluding diaryl/α,β-unsaturated/α-hetero) is 1. The van der Waals surface area contributed by atoms with Crippen LogP contribution in [-0.2, 0) is 0 Å². The maximum Gasteiger partial charge on any atom is 0.235 e. The molecule has 5 rings (SSSR count). The third-order valence-corrected chi connectivity index (χ3v) is 4.84. The Hall–Kier alpha value is -3.99. The van der Waals surface area contributed by atoms with Gasteiger partial charge in [0.1, 0.15) is 22.8 Å². The molecule has 0 spiro atoms. The second-order valence-corrected chi connectivity index (χ2v) is 6.62. The summed E-state index contributed by atoms with van der Waals surface area (Å²) in [6.07, 6.45) is 3.48. The van der Waals surface area contributed by atoms with Gasteiger partial charge in [0.2, 0.25) is 5.78 Å². The highest BCUT2D eigenvalue weighted by atomic mass is 16.5. The maximum atomic E-state index is 12.7. The first-order chi connectivity index (χ1) is 13.6. The van der Waals surface area contributed by atoms with Gasteiger partial charge < -0.3 is 19.9 Å². The molecule has 1 aliphatic rings. The first-order valence-corrected chi connectivity index (χ1v) is 8.77. The summed E-state index contributed by atoms with van der Waals surface area (Å²) in [7, 11) is 0. The minimum Gasteiger partial charge on any atom is -0.508 e. The van der Waals surface area contributed by atoms with Crippen molar-refractivity contribution in [2.75, 3.05) is 0 Å². The number of ether oxygens (including phenoxy) is 1. The molecule has 0 aliphatic carbocycles. The van der Waals surface area contributed by atoms with E-state index in [4.69, 9.17) is 4.74 Å². The van der Waals surface area contributed by atoms with Crippen molar-refractivity contribution >= 4 is 22.8 Å². The molecule has 2 heterocycles. The highest BCUT2D eigenvalue weighted by Crippen LogP contribution is 2.41. The van der Waals surface area contributed by atoms with E-state index in [0.717, 1.165) is 33.7 Å². The van der Waals surface area contributed by atoms with Crippen LogP contribution in [0, 0.1) is 0 Å². The van der Waals surface area contributed by atoms with E-state index < -0.39 is 5.78 Å². The molecule has 0 fully saturated rings. The number of phenols is 2. The number of aromatic hydroxyl groups is 2.